The third-order valence-electron chi connectivity index (χ3n) is 11.5. The van der Waals surface area contributed by atoms with Crippen LogP contribution in [0.25, 0.3) is 0 Å². The zero-order chi connectivity index (χ0) is 42.1. The molecule has 0 radical (unpaired) electrons. The highest BCUT2D eigenvalue weighted by molar-refractivity contribution is 8.53. The summed E-state index contributed by atoms with van der Waals surface area (Å²) in [7, 11) is -1.16. The van der Waals surface area contributed by atoms with Crippen LogP contribution in [0.1, 0.15) is 244 Å². The van der Waals surface area contributed by atoms with E-state index in [9.17, 15) is 4.79 Å². The third-order valence-corrected chi connectivity index (χ3v) is 14.6. The second-order valence-electron chi connectivity index (χ2n) is 17.3. The predicted octanol–water partition coefficient (Wildman–Crippen LogP) is 18.7. The standard InChI is InChI=1S/C53H91O4PS/c1-4-7-10-13-16-21-26-31-38-49-40-36-42-51(47-49)56-58(57-52-43-37-41-50(48-52)39-32-27-22-17-14-11-8-5-2)59-46-35-30-25-20-19-23-28-33-44-53(54)55-45-34-29-24-18-15-12-9-6-3/h36-37,40-43,47-48H,4-35,38-39,44-46H2,1-3H3. The van der Waals surface area contributed by atoms with Gasteiger partial charge < -0.3 is 13.8 Å². The monoisotopic (exact) mass is 855 g/mol. The average Bonchev–Trinajstić information content (AvgIpc) is 3.24. The SMILES string of the molecule is CCCCCCCCCCOC(=O)CCCCCCCCCCSP(Oc1cccc(CCCCCCCCCC)c1)Oc1cccc(CCCCCCCCCC)c1. The van der Waals surface area contributed by atoms with Gasteiger partial charge in [0.2, 0.25) is 0 Å². The zero-order valence-corrected chi connectivity index (χ0v) is 40.5. The highest BCUT2D eigenvalue weighted by atomic mass is 32.7. The Hall–Kier alpha value is -1.71. The first kappa shape index (κ1) is 53.4. The van der Waals surface area contributed by atoms with Crippen LogP contribution in [0.15, 0.2) is 48.5 Å². The highest BCUT2D eigenvalue weighted by Gasteiger charge is 2.17. The molecular formula is C53H91O4PS. The van der Waals surface area contributed by atoms with Gasteiger partial charge in [-0.3, -0.25) is 4.79 Å². The van der Waals surface area contributed by atoms with Crippen molar-refractivity contribution in [2.24, 2.45) is 0 Å². The summed E-state index contributed by atoms with van der Waals surface area (Å²) in [5, 5.41) is 0. The molecule has 0 saturated heterocycles. The number of carbonyl (C=O) groups is 1. The van der Waals surface area contributed by atoms with E-state index in [1.807, 2.05) is 11.4 Å². The maximum Gasteiger partial charge on any atom is 0.360 e. The molecule has 0 saturated carbocycles. The molecule has 59 heavy (non-hydrogen) atoms. The van der Waals surface area contributed by atoms with Crippen molar-refractivity contribution in [2.45, 2.75) is 245 Å². The summed E-state index contributed by atoms with van der Waals surface area (Å²) < 4.78 is 18.8. The number of rotatable bonds is 43. The summed E-state index contributed by atoms with van der Waals surface area (Å²) in [6.45, 7) is 7.44. The van der Waals surface area contributed by atoms with Crippen LogP contribution < -0.4 is 9.05 Å². The first-order valence-corrected chi connectivity index (χ1v) is 28.0. The molecule has 338 valence electrons. The summed E-state index contributed by atoms with van der Waals surface area (Å²) >= 11 is 1.85. The van der Waals surface area contributed by atoms with Crippen LogP contribution in [0, 0.1) is 0 Å². The van der Waals surface area contributed by atoms with Crippen LogP contribution in [0.3, 0.4) is 0 Å². The number of benzene rings is 2. The van der Waals surface area contributed by atoms with Crippen molar-refractivity contribution in [2.75, 3.05) is 12.4 Å². The minimum Gasteiger partial charge on any atom is -0.466 e. The Balaban J connectivity index is 1.70. The fourth-order valence-corrected chi connectivity index (χ4v) is 10.6. The van der Waals surface area contributed by atoms with Gasteiger partial charge in [-0.15, -0.1) is 0 Å². The minimum absolute atomic E-state index is 0.00335. The van der Waals surface area contributed by atoms with Gasteiger partial charge in [0.1, 0.15) is 11.5 Å². The van der Waals surface area contributed by atoms with Gasteiger partial charge in [0, 0.05) is 12.2 Å². The Kier molecular flexibility index (Phi) is 36.6. The highest BCUT2D eigenvalue weighted by Crippen LogP contribution is 2.52. The molecule has 0 atom stereocenters. The van der Waals surface area contributed by atoms with Gasteiger partial charge in [-0.05, 0) is 91.7 Å². The molecule has 0 unspecified atom stereocenters. The lowest BCUT2D eigenvalue weighted by Gasteiger charge is -2.19. The van der Waals surface area contributed by atoms with Gasteiger partial charge >= 0.3 is 13.5 Å². The van der Waals surface area contributed by atoms with Crippen molar-refractivity contribution in [1.82, 2.24) is 0 Å². The number of hydrogen-bond donors (Lipinski definition) is 0. The first-order valence-electron chi connectivity index (χ1n) is 25.3. The third kappa shape index (κ3) is 32.6. The molecule has 0 fully saturated rings. The molecule has 2 rings (SSSR count). The van der Waals surface area contributed by atoms with Gasteiger partial charge in [0.05, 0.1) is 6.61 Å². The van der Waals surface area contributed by atoms with E-state index in [2.05, 4.69) is 69.3 Å². The molecule has 0 aromatic heterocycles. The van der Waals surface area contributed by atoms with Crippen molar-refractivity contribution in [3.63, 3.8) is 0 Å². The normalized spacial score (nSPS) is 11.4. The second-order valence-corrected chi connectivity index (χ2v) is 20.4. The molecule has 2 aromatic carbocycles. The predicted molar refractivity (Wildman–Crippen MR) is 261 cm³/mol. The lowest BCUT2D eigenvalue weighted by molar-refractivity contribution is -0.143. The Labute approximate surface area is 370 Å². The largest absolute Gasteiger partial charge is 0.466 e. The van der Waals surface area contributed by atoms with E-state index in [-0.39, 0.29) is 5.97 Å². The van der Waals surface area contributed by atoms with Crippen molar-refractivity contribution in [3.05, 3.63) is 59.7 Å². The molecule has 6 heteroatoms. The second kappa shape index (κ2) is 40.4. The zero-order valence-electron chi connectivity index (χ0n) is 38.8. The van der Waals surface area contributed by atoms with Crippen molar-refractivity contribution in [1.29, 1.82) is 0 Å². The average molecular weight is 855 g/mol. The van der Waals surface area contributed by atoms with E-state index in [4.69, 9.17) is 13.8 Å². The molecule has 2 aromatic rings. The molecule has 0 bridgehead atoms. The molecule has 0 spiro atoms. The van der Waals surface area contributed by atoms with E-state index in [1.54, 1.807) is 0 Å². The molecule has 0 aliphatic carbocycles. The van der Waals surface area contributed by atoms with Crippen LogP contribution in [0.2, 0.25) is 0 Å². The Morgan fingerprint density at radius 2 is 0.831 bits per heavy atom. The van der Waals surface area contributed by atoms with Crippen molar-refractivity contribution < 1.29 is 18.6 Å². The van der Waals surface area contributed by atoms with Gasteiger partial charge in [0.15, 0.2) is 0 Å². The Bertz CT molecular complexity index is 1160. The fourth-order valence-electron chi connectivity index (χ4n) is 7.75. The first-order chi connectivity index (χ1) is 29.1. The van der Waals surface area contributed by atoms with E-state index in [1.165, 1.54) is 197 Å². The smallest absolute Gasteiger partial charge is 0.360 e. The summed E-state index contributed by atoms with van der Waals surface area (Å²) in [6.07, 6.45) is 44.0. The topological polar surface area (TPSA) is 44.8 Å². The molecular weight excluding hydrogens is 764 g/mol. The van der Waals surface area contributed by atoms with E-state index >= 15 is 0 Å². The van der Waals surface area contributed by atoms with Crippen LogP contribution >= 0.6 is 19.0 Å². The van der Waals surface area contributed by atoms with Crippen LogP contribution in [0.4, 0.5) is 0 Å². The molecule has 4 nitrogen and oxygen atoms in total. The maximum absolute atomic E-state index is 12.1. The summed E-state index contributed by atoms with van der Waals surface area (Å²) in [5.74, 6) is 2.92. The lowest BCUT2D eigenvalue weighted by Crippen LogP contribution is -2.05. The maximum atomic E-state index is 12.1. The summed E-state index contributed by atoms with van der Waals surface area (Å²) in [5.41, 5.74) is 2.74. The number of carbonyl (C=O) groups excluding carboxylic acids is 1. The van der Waals surface area contributed by atoms with Gasteiger partial charge in [-0.1, -0.05) is 218 Å². The number of aryl methyl sites for hydroxylation is 2. The van der Waals surface area contributed by atoms with Crippen LogP contribution in [-0.4, -0.2) is 18.3 Å². The Morgan fingerprint density at radius 1 is 0.458 bits per heavy atom. The van der Waals surface area contributed by atoms with Crippen molar-refractivity contribution >= 4 is 24.9 Å². The number of hydrogen-bond acceptors (Lipinski definition) is 5. The number of esters is 1. The van der Waals surface area contributed by atoms with E-state index in [0.29, 0.717) is 13.0 Å². The van der Waals surface area contributed by atoms with Crippen molar-refractivity contribution in [3.8, 4) is 11.5 Å². The molecule has 0 aliphatic heterocycles. The van der Waals surface area contributed by atoms with Gasteiger partial charge in [-0.2, -0.15) is 0 Å². The van der Waals surface area contributed by atoms with Gasteiger partial charge in [-0.25, -0.2) is 0 Å². The molecule has 0 aliphatic rings. The fraction of sp³-hybridized carbons (Fsp3) is 0.755. The molecule has 0 heterocycles. The van der Waals surface area contributed by atoms with E-state index < -0.39 is 7.58 Å². The van der Waals surface area contributed by atoms with E-state index in [0.717, 1.165) is 49.4 Å². The van der Waals surface area contributed by atoms with Crippen LogP contribution in [0.5, 0.6) is 11.5 Å². The minimum atomic E-state index is -1.16. The summed E-state index contributed by atoms with van der Waals surface area (Å²) in [6, 6.07) is 17.5. The quantitative estimate of drug-likeness (QED) is 0.0378. The van der Waals surface area contributed by atoms with Gasteiger partial charge in [0.25, 0.3) is 0 Å². The summed E-state index contributed by atoms with van der Waals surface area (Å²) in [4.78, 5) is 12.1. The Morgan fingerprint density at radius 3 is 1.27 bits per heavy atom. The number of ether oxygens (including phenoxy) is 1. The van der Waals surface area contributed by atoms with Crippen LogP contribution in [-0.2, 0) is 22.4 Å². The lowest BCUT2D eigenvalue weighted by atomic mass is 10.0. The number of unbranched alkanes of at least 4 members (excludes halogenated alkanes) is 28. The molecule has 0 N–H and O–H groups in total. The molecule has 0 amide bonds.